The van der Waals surface area contributed by atoms with Gasteiger partial charge in [-0.2, -0.15) is 0 Å². The van der Waals surface area contributed by atoms with Gasteiger partial charge in [-0.15, -0.1) is 0 Å². The number of aliphatic hydroxyl groups is 1. The van der Waals surface area contributed by atoms with Crippen LogP contribution in [0.3, 0.4) is 0 Å². The van der Waals surface area contributed by atoms with E-state index in [9.17, 15) is 0 Å². The van der Waals surface area contributed by atoms with Crippen molar-refractivity contribution < 1.29 is 9.84 Å². The smallest absolute Gasteiger partial charge is 0.194 e. The van der Waals surface area contributed by atoms with E-state index in [1.165, 1.54) is 11.1 Å². The van der Waals surface area contributed by atoms with E-state index in [2.05, 4.69) is 12.1 Å². The van der Waals surface area contributed by atoms with Gasteiger partial charge in [-0.05, 0) is 36.6 Å². The zero-order chi connectivity index (χ0) is 12.1. The lowest BCUT2D eigenvalue weighted by molar-refractivity contribution is -0.000301. The van der Waals surface area contributed by atoms with Gasteiger partial charge in [0.2, 0.25) is 0 Å². The molecule has 1 atom stereocenters. The van der Waals surface area contributed by atoms with E-state index in [1.807, 2.05) is 42.5 Å². The summed E-state index contributed by atoms with van der Waals surface area (Å²) in [5.41, 5.74) is 2.52. The first-order valence-electron chi connectivity index (χ1n) is 5.71. The Kier molecular flexibility index (Phi) is 3.78. The molecule has 0 aliphatic carbocycles. The monoisotopic (exact) mass is 228 g/mol. The lowest BCUT2D eigenvalue weighted by Gasteiger charge is -2.09. The maximum absolute atomic E-state index is 9.09. The molecule has 0 aliphatic heterocycles. The highest BCUT2D eigenvalue weighted by Gasteiger charge is 1.99. The summed E-state index contributed by atoms with van der Waals surface area (Å²) in [6.45, 7) is 1.60. The lowest BCUT2D eigenvalue weighted by Crippen LogP contribution is -2.09. The Morgan fingerprint density at radius 1 is 0.941 bits per heavy atom. The van der Waals surface area contributed by atoms with E-state index >= 15 is 0 Å². The third-order valence-electron chi connectivity index (χ3n) is 2.48. The molecule has 0 aliphatic rings. The Balaban J connectivity index is 2.03. The van der Waals surface area contributed by atoms with Gasteiger partial charge in [-0.1, -0.05) is 42.5 Å². The first kappa shape index (κ1) is 11.7. The second-order valence-corrected chi connectivity index (χ2v) is 4.02. The van der Waals surface area contributed by atoms with Gasteiger partial charge in [0.25, 0.3) is 0 Å². The number of benzene rings is 2. The van der Waals surface area contributed by atoms with E-state index in [0.717, 1.165) is 6.42 Å². The molecular formula is C15H16O2. The Morgan fingerprint density at radius 3 is 2.12 bits per heavy atom. The molecule has 0 spiro atoms. The standard InChI is InChI=1S/C15H16O2/c1-12(16)17-15-9-7-14(8-10-15)11-13-5-3-2-4-6-13/h2-10,12,16H,11H2,1H3. The lowest BCUT2D eigenvalue weighted by atomic mass is 10.1. The van der Waals surface area contributed by atoms with Crippen LogP contribution in [0.15, 0.2) is 54.6 Å². The summed E-state index contributed by atoms with van der Waals surface area (Å²) < 4.78 is 5.17. The van der Waals surface area contributed by atoms with Crippen molar-refractivity contribution in [2.75, 3.05) is 0 Å². The molecule has 2 nitrogen and oxygen atoms in total. The summed E-state index contributed by atoms with van der Waals surface area (Å²) in [4.78, 5) is 0. The molecule has 0 saturated carbocycles. The Labute approximate surface area is 101 Å². The summed E-state index contributed by atoms with van der Waals surface area (Å²) in [7, 11) is 0. The molecule has 2 aromatic rings. The number of hydrogen-bond donors (Lipinski definition) is 1. The number of aliphatic hydroxyl groups excluding tert-OH is 1. The van der Waals surface area contributed by atoms with Crippen LogP contribution in [0.5, 0.6) is 5.75 Å². The van der Waals surface area contributed by atoms with Crippen LogP contribution >= 0.6 is 0 Å². The highest BCUT2D eigenvalue weighted by molar-refractivity contribution is 5.31. The van der Waals surface area contributed by atoms with Crippen LogP contribution in [0.1, 0.15) is 18.1 Å². The molecule has 0 saturated heterocycles. The Hall–Kier alpha value is -1.80. The average molecular weight is 228 g/mol. The van der Waals surface area contributed by atoms with E-state index in [0.29, 0.717) is 5.75 Å². The van der Waals surface area contributed by atoms with Gasteiger partial charge in [0.15, 0.2) is 6.29 Å². The second-order valence-electron chi connectivity index (χ2n) is 4.02. The van der Waals surface area contributed by atoms with Crippen molar-refractivity contribution in [3.05, 3.63) is 65.7 Å². The SMILES string of the molecule is CC(O)Oc1ccc(Cc2ccccc2)cc1. The molecule has 0 amide bonds. The highest BCUT2D eigenvalue weighted by Crippen LogP contribution is 2.15. The van der Waals surface area contributed by atoms with Crippen molar-refractivity contribution >= 4 is 0 Å². The minimum absolute atomic E-state index is 0.691. The first-order valence-corrected chi connectivity index (χ1v) is 5.71. The molecule has 0 radical (unpaired) electrons. The molecule has 0 aromatic heterocycles. The van der Waals surface area contributed by atoms with Gasteiger partial charge < -0.3 is 9.84 Å². The molecule has 2 rings (SSSR count). The third-order valence-corrected chi connectivity index (χ3v) is 2.48. The van der Waals surface area contributed by atoms with E-state index < -0.39 is 6.29 Å². The maximum atomic E-state index is 9.09. The van der Waals surface area contributed by atoms with Crippen LogP contribution in [0.4, 0.5) is 0 Å². The quantitative estimate of drug-likeness (QED) is 0.815. The predicted molar refractivity (Wildman–Crippen MR) is 68.0 cm³/mol. The molecule has 2 heteroatoms. The van der Waals surface area contributed by atoms with Crippen LogP contribution < -0.4 is 4.74 Å². The fourth-order valence-electron chi connectivity index (χ4n) is 1.71. The molecule has 88 valence electrons. The van der Waals surface area contributed by atoms with Crippen molar-refractivity contribution in [2.24, 2.45) is 0 Å². The van der Waals surface area contributed by atoms with Crippen LogP contribution in [0.25, 0.3) is 0 Å². The van der Waals surface area contributed by atoms with Gasteiger partial charge in [-0.3, -0.25) is 0 Å². The number of rotatable bonds is 4. The van der Waals surface area contributed by atoms with Crippen molar-refractivity contribution in [2.45, 2.75) is 19.6 Å². The van der Waals surface area contributed by atoms with E-state index in [-0.39, 0.29) is 0 Å². The number of ether oxygens (including phenoxy) is 1. The summed E-state index contributed by atoms with van der Waals surface area (Å²) in [5, 5.41) is 9.09. The van der Waals surface area contributed by atoms with Crippen molar-refractivity contribution in [1.82, 2.24) is 0 Å². The summed E-state index contributed by atoms with van der Waals surface area (Å²) in [5.74, 6) is 0.691. The zero-order valence-corrected chi connectivity index (χ0v) is 9.84. The molecular weight excluding hydrogens is 212 g/mol. The first-order chi connectivity index (χ1) is 8.24. The maximum Gasteiger partial charge on any atom is 0.194 e. The largest absolute Gasteiger partial charge is 0.465 e. The zero-order valence-electron chi connectivity index (χ0n) is 9.84. The molecule has 1 unspecified atom stereocenters. The second kappa shape index (κ2) is 5.51. The molecule has 1 N–H and O–H groups in total. The van der Waals surface area contributed by atoms with Gasteiger partial charge in [-0.25, -0.2) is 0 Å². The number of hydrogen-bond acceptors (Lipinski definition) is 2. The average Bonchev–Trinajstić information content (AvgIpc) is 2.32. The van der Waals surface area contributed by atoms with E-state index in [1.54, 1.807) is 6.92 Å². The summed E-state index contributed by atoms with van der Waals surface area (Å²) in [6, 6.07) is 18.1. The van der Waals surface area contributed by atoms with Crippen molar-refractivity contribution in [3.63, 3.8) is 0 Å². The molecule has 0 bridgehead atoms. The molecule has 0 fully saturated rings. The van der Waals surface area contributed by atoms with Crippen LogP contribution in [0.2, 0.25) is 0 Å². The summed E-state index contributed by atoms with van der Waals surface area (Å²) in [6.07, 6.45) is 0.144. The van der Waals surface area contributed by atoms with Crippen LogP contribution in [-0.4, -0.2) is 11.4 Å². The topological polar surface area (TPSA) is 29.5 Å². The fourth-order valence-corrected chi connectivity index (χ4v) is 1.71. The summed E-state index contributed by atoms with van der Waals surface area (Å²) >= 11 is 0. The Morgan fingerprint density at radius 2 is 1.53 bits per heavy atom. The van der Waals surface area contributed by atoms with Gasteiger partial charge >= 0.3 is 0 Å². The normalized spacial score (nSPS) is 12.1. The molecule has 17 heavy (non-hydrogen) atoms. The molecule has 2 aromatic carbocycles. The van der Waals surface area contributed by atoms with Gasteiger partial charge in [0.05, 0.1) is 0 Å². The van der Waals surface area contributed by atoms with Crippen molar-refractivity contribution in [3.8, 4) is 5.75 Å². The van der Waals surface area contributed by atoms with Crippen LogP contribution in [-0.2, 0) is 6.42 Å². The Bertz CT molecular complexity index is 446. The molecule has 0 heterocycles. The van der Waals surface area contributed by atoms with Gasteiger partial charge in [0.1, 0.15) is 5.75 Å². The predicted octanol–water partition coefficient (Wildman–Crippen LogP) is 2.99. The minimum atomic E-state index is -0.769. The fraction of sp³-hybridized carbons (Fsp3) is 0.200. The van der Waals surface area contributed by atoms with Crippen LogP contribution in [0, 0.1) is 0 Å². The highest BCUT2D eigenvalue weighted by atomic mass is 16.6. The van der Waals surface area contributed by atoms with Gasteiger partial charge in [0, 0.05) is 0 Å². The van der Waals surface area contributed by atoms with Crippen molar-refractivity contribution in [1.29, 1.82) is 0 Å². The van der Waals surface area contributed by atoms with E-state index in [4.69, 9.17) is 9.84 Å². The third kappa shape index (κ3) is 3.61. The minimum Gasteiger partial charge on any atom is -0.465 e.